The van der Waals surface area contributed by atoms with E-state index < -0.39 is 47.7 Å². The Kier molecular flexibility index (Phi) is 7.37. The summed E-state index contributed by atoms with van der Waals surface area (Å²) in [7, 11) is 0. The number of nitrogens with two attached hydrogens (primary N) is 1. The number of Topliss-reactive ketones (excluding diaryl/α,β-unsaturated/α-hetero) is 1. The van der Waals surface area contributed by atoms with Crippen LogP contribution in [0.25, 0.3) is 0 Å². The van der Waals surface area contributed by atoms with Gasteiger partial charge in [-0.25, -0.2) is 4.79 Å². The van der Waals surface area contributed by atoms with Gasteiger partial charge in [-0.1, -0.05) is 50.3 Å². The highest BCUT2D eigenvalue weighted by atomic mass is 16.4. The van der Waals surface area contributed by atoms with E-state index >= 15 is 0 Å². The molecule has 2 aliphatic carbocycles. The van der Waals surface area contributed by atoms with Crippen LogP contribution in [0.1, 0.15) is 56.9 Å². The van der Waals surface area contributed by atoms with Gasteiger partial charge in [-0.3, -0.25) is 24.1 Å². The molecule has 0 bridgehead atoms. The summed E-state index contributed by atoms with van der Waals surface area (Å²) in [4.78, 5) is 64.2. The number of nitrogens with one attached hydrogen (secondary N) is 2. The summed E-state index contributed by atoms with van der Waals surface area (Å²) in [6, 6.07) is 4.12. The summed E-state index contributed by atoms with van der Waals surface area (Å²) in [5.41, 5.74) is 6.53. The van der Waals surface area contributed by atoms with Crippen LogP contribution in [-0.2, 0) is 25.6 Å². The molecule has 2 saturated carbocycles. The SMILES string of the molecule is NC(=O)C(=O)C(CC1CC1)NC(=O)[C@@H]1Cc2ccccc2N1C(=O)[C@@H](NC(=O)O)C1CCCCC1. The second-order valence-corrected chi connectivity index (χ2v) is 9.85. The highest BCUT2D eigenvalue weighted by Crippen LogP contribution is 2.36. The fraction of sp³-hybridized carbons (Fsp3) is 0.560. The predicted octanol–water partition coefficient (Wildman–Crippen LogP) is 1.50. The molecule has 1 heterocycles. The summed E-state index contributed by atoms with van der Waals surface area (Å²) in [5, 5.41) is 14.5. The number of hydrogen-bond donors (Lipinski definition) is 4. The first-order valence-electron chi connectivity index (χ1n) is 12.3. The van der Waals surface area contributed by atoms with Gasteiger partial charge in [0, 0.05) is 12.1 Å². The van der Waals surface area contributed by atoms with Crippen LogP contribution < -0.4 is 21.3 Å². The molecule has 2 fully saturated rings. The van der Waals surface area contributed by atoms with Crippen molar-refractivity contribution >= 4 is 35.3 Å². The molecule has 5 N–H and O–H groups in total. The minimum absolute atomic E-state index is 0.164. The molecule has 4 amide bonds. The highest BCUT2D eigenvalue weighted by Gasteiger charge is 2.44. The molecule has 0 radical (unpaired) electrons. The molecule has 3 atom stereocenters. The van der Waals surface area contributed by atoms with Crippen LogP contribution in [0.15, 0.2) is 24.3 Å². The second kappa shape index (κ2) is 10.5. The third-order valence-corrected chi connectivity index (χ3v) is 7.32. The number of rotatable bonds is 9. The van der Waals surface area contributed by atoms with Gasteiger partial charge in [-0.2, -0.15) is 0 Å². The monoisotopic (exact) mass is 484 g/mol. The molecule has 0 spiro atoms. The number of carboxylic acid groups (broad SMARTS) is 1. The molecular weight excluding hydrogens is 452 g/mol. The van der Waals surface area contributed by atoms with Gasteiger partial charge in [0.2, 0.25) is 11.7 Å². The van der Waals surface area contributed by atoms with Gasteiger partial charge >= 0.3 is 6.09 Å². The smallest absolute Gasteiger partial charge is 0.405 e. The van der Waals surface area contributed by atoms with Crippen molar-refractivity contribution in [3.05, 3.63) is 29.8 Å². The molecule has 1 aromatic rings. The van der Waals surface area contributed by atoms with Crippen molar-refractivity contribution in [1.82, 2.24) is 10.6 Å². The Morgan fingerprint density at radius 2 is 1.69 bits per heavy atom. The zero-order valence-electron chi connectivity index (χ0n) is 19.6. The summed E-state index contributed by atoms with van der Waals surface area (Å²) in [6.07, 6.45) is 5.40. The van der Waals surface area contributed by atoms with E-state index in [1.54, 1.807) is 12.1 Å². The van der Waals surface area contributed by atoms with Crippen molar-refractivity contribution in [3.63, 3.8) is 0 Å². The lowest BCUT2D eigenvalue weighted by Gasteiger charge is -2.34. The number of hydrogen-bond acceptors (Lipinski definition) is 5. The number of para-hydroxylation sites is 1. The fourth-order valence-corrected chi connectivity index (χ4v) is 5.36. The van der Waals surface area contributed by atoms with Crippen LogP contribution in [0.3, 0.4) is 0 Å². The fourth-order valence-electron chi connectivity index (χ4n) is 5.36. The van der Waals surface area contributed by atoms with Gasteiger partial charge in [0.15, 0.2) is 0 Å². The minimum Gasteiger partial charge on any atom is -0.465 e. The van der Waals surface area contributed by atoms with Gasteiger partial charge in [0.25, 0.3) is 11.8 Å². The zero-order valence-corrected chi connectivity index (χ0v) is 19.6. The van der Waals surface area contributed by atoms with Crippen LogP contribution in [0.2, 0.25) is 0 Å². The van der Waals surface area contributed by atoms with Gasteiger partial charge < -0.3 is 21.5 Å². The van der Waals surface area contributed by atoms with E-state index in [1.165, 1.54) is 4.90 Å². The maximum atomic E-state index is 13.9. The number of ketones is 1. The quantitative estimate of drug-likeness (QED) is 0.389. The summed E-state index contributed by atoms with van der Waals surface area (Å²) in [6.45, 7) is 0. The van der Waals surface area contributed by atoms with Crippen LogP contribution in [-0.4, -0.2) is 52.8 Å². The van der Waals surface area contributed by atoms with Crippen molar-refractivity contribution in [3.8, 4) is 0 Å². The lowest BCUT2D eigenvalue weighted by molar-refractivity contribution is -0.138. The molecule has 1 unspecified atom stereocenters. The Hall–Kier alpha value is -3.43. The Bertz CT molecular complexity index is 1020. The molecule has 35 heavy (non-hydrogen) atoms. The first-order chi connectivity index (χ1) is 16.8. The first kappa shape index (κ1) is 24.7. The Morgan fingerprint density at radius 1 is 1.00 bits per heavy atom. The number of carbonyl (C=O) groups excluding carboxylic acids is 4. The molecule has 3 aliphatic rings. The van der Waals surface area contributed by atoms with E-state index in [4.69, 9.17) is 5.73 Å². The molecule has 0 aromatic heterocycles. The van der Waals surface area contributed by atoms with E-state index in [9.17, 15) is 29.1 Å². The average Bonchev–Trinajstić information content (AvgIpc) is 3.57. The molecule has 188 valence electrons. The highest BCUT2D eigenvalue weighted by molar-refractivity contribution is 6.37. The maximum Gasteiger partial charge on any atom is 0.405 e. The molecular formula is C25H32N4O6. The molecule has 4 rings (SSSR count). The van der Waals surface area contributed by atoms with Crippen LogP contribution in [0.5, 0.6) is 0 Å². The molecule has 1 aliphatic heterocycles. The van der Waals surface area contributed by atoms with Crippen molar-refractivity contribution in [2.75, 3.05) is 4.90 Å². The Labute approximate surface area is 203 Å². The third kappa shape index (κ3) is 5.63. The summed E-state index contributed by atoms with van der Waals surface area (Å²) >= 11 is 0. The topological polar surface area (TPSA) is 159 Å². The van der Waals surface area contributed by atoms with E-state index in [-0.39, 0.29) is 18.3 Å². The standard InChI is InChI=1S/C25H32N4O6/c26-22(31)21(30)17(12-14-10-11-14)27-23(32)19-13-16-8-4-5-9-18(16)29(19)24(33)20(28-25(34)35)15-6-2-1-3-7-15/h4-5,8-9,14-15,17,19-20,28H,1-3,6-7,10-13H2,(H2,26,31)(H,27,32)(H,34,35)/t17?,19-,20-/m0/s1. The lowest BCUT2D eigenvalue weighted by atomic mass is 9.83. The number of primary amides is 1. The van der Waals surface area contributed by atoms with E-state index in [2.05, 4.69) is 10.6 Å². The largest absolute Gasteiger partial charge is 0.465 e. The average molecular weight is 485 g/mol. The Balaban J connectivity index is 1.61. The number of carbonyl (C=O) groups is 5. The first-order valence-corrected chi connectivity index (χ1v) is 12.3. The molecule has 10 nitrogen and oxygen atoms in total. The summed E-state index contributed by atoms with van der Waals surface area (Å²) in [5.74, 6) is -2.93. The van der Waals surface area contributed by atoms with Crippen LogP contribution >= 0.6 is 0 Å². The lowest BCUT2D eigenvalue weighted by Crippen LogP contribution is -2.59. The molecule has 1 aromatic carbocycles. The number of nitrogens with zero attached hydrogens (tertiary/aromatic N) is 1. The van der Waals surface area contributed by atoms with Gasteiger partial charge in [0.05, 0.1) is 6.04 Å². The second-order valence-electron chi connectivity index (χ2n) is 9.85. The van der Waals surface area contributed by atoms with E-state index in [0.29, 0.717) is 12.1 Å². The van der Waals surface area contributed by atoms with Crippen molar-refractivity contribution < 1.29 is 29.1 Å². The van der Waals surface area contributed by atoms with Crippen LogP contribution in [0, 0.1) is 11.8 Å². The van der Waals surface area contributed by atoms with Crippen molar-refractivity contribution in [2.24, 2.45) is 17.6 Å². The minimum atomic E-state index is -1.29. The normalized spacial score (nSPS) is 21.5. The maximum absolute atomic E-state index is 13.9. The van der Waals surface area contributed by atoms with Crippen molar-refractivity contribution in [2.45, 2.75) is 75.9 Å². The van der Waals surface area contributed by atoms with E-state index in [0.717, 1.165) is 50.5 Å². The number of benzene rings is 1. The number of anilines is 1. The van der Waals surface area contributed by atoms with Crippen LogP contribution in [0.4, 0.5) is 10.5 Å². The van der Waals surface area contributed by atoms with Gasteiger partial charge in [-0.05, 0) is 42.7 Å². The number of amides is 4. The van der Waals surface area contributed by atoms with Gasteiger partial charge in [-0.15, -0.1) is 0 Å². The summed E-state index contributed by atoms with van der Waals surface area (Å²) < 4.78 is 0. The molecule has 10 heteroatoms. The zero-order chi connectivity index (χ0) is 25.1. The Morgan fingerprint density at radius 3 is 2.31 bits per heavy atom. The third-order valence-electron chi connectivity index (χ3n) is 7.32. The van der Waals surface area contributed by atoms with Gasteiger partial charge in [0.1, 0.15) is 12.1 Å². The van der Waals surface area contributed by atoms with Crippen molar-refractivity contribution in [1.29, 1.82) is 0 Å². The predicted molar refractivity (Wildman–Crippen MR) is 126 cm³/mol. The number of fused-ring (bicyclic) bond motifs is 1. The van der Waals surface area contributed by atoms with E-state index in [1.807, 2.05) is 12.1 Å². The molecule has 0 saturated heterocycles.